The van der Waals surface area contributed by atoms with Gasteiger partial charge in [-0.15, -0.1) is 0 Å². The van der Waals surface area contributed by atoms with Gasteiger partial charge in [-0.05, 0) is 31.4 Å². The number of hydrogen-bond donors (Lipinski definition) is 2. The minimum Gasteiger partial charge on any atom is -0.394 e. The Hall–Kier alpha value is -1.62. The van der Waals surface area contributed by atoms with E-state index in [1.54, 1.807) is 18.3 Å². The molecule has 98 valence electrons. The van der Waals surface area contributed by atoms with Crippen LogP contribution in [0.5, 0.6) is 0 Å². The molecule has 0 saturated heterocycles. The fourth-order valence-corrected chi connectivity index (χ4v) is 2.04. The van der Waals surface area contributed by atoms with Crippen LogP contribution in [0.25, 0.3) is 0 Å². The van der Waals surface area contributed by atoms with Crippen LogP contribution < -0.4 is 10.2 Å². The molecule has 2 rings (SSSR count). The lowest BCUT2D eigenvalue weighted by Gasteiger charge is -2.40. The number of aromatic nitrogens is 1. The SMILES string of the molecule is CN(C)c1cc(C(=O)NC2(CO)CCC2)ccn1. The number of carbonyl (C=O) groups excluding carboxylic acids is 1. The molecule has 0 radical (unpaired) electrons. The molecular weight excluding hydrogens is 230 g/mol. The minimum absolute atomic E-state index is 0.00433. The number of carbonyl (C=O) groups is 1. The lowest BCUT2D eigenvalue weighted by atomic mass is 9.77. The van der Waals surface area contributed by atoms with E-state index in [9.17, 15) is 9.90 Å². The first-order valence-corrected chi connectivity index (χ1v) is 6.13. The van der Waals surface area contributed by atoms with E-state index in [1.807, 2.05) is 19.0 Å². The summed E-state index contributed by atoms with van der Waals surface area (Å²) < 4.78 is 0. The number of nitrogens with zero attached hydrogens (tertiary/aromatic N) is 2. The molecule has 1 aliphatic carbocycles. The first-order valence-electron chi connectivity index (χ1n) is 6.13. The minimum atomic E-state index is -0.404. The van der Waals surface area contributed by atoms with Gasteiger partial charge in [0.2, 0.25) is 0 Å². The third kappa shape index (κ3) is 2.46. The van der Waals surface area contributed by atoms with Crippen molar-refractivity contribution in [2.75, 3.05) is 25.6 Å². The fourth-order valence-electron chi connectivity index (χ4n) is 2.04. The normalized spacial score (nSPS) is 16.8. The molecule has 0 unspecified atom stereocenters. The standard InChI is InChI=1S/C13H19N3O2/c1-16(2)11-8-10(4-7-14-11)12(18)15-13(9-17)5-3-6-13/h4,7-8,17H,3,5-6,9H2,1-2H3,(H,15,18). The lowest BCUT2D eigenvalue weighted by molar-refractivity contribution is 0.0641. The van der Waals surface area contributed by atoms with Crippen LogP contribution in [-0.4, -0.2) is 42.2 Å². The maximum Gasteiger partial charge on any atom is 0.251 e. The first kappa shape index (κ1) is 12.8. The Morgan fingerprint density at radius 1 is 1.56 bits per heavy atom. The molecule has 1 fully saturated rings. The Morgan fingerprint density at radius 3 is 2.78 bits per heavy atom. The first-order chi connectivity index (χ1) is 8.56. The van der Waals surface area contributed by atoms with Gasteiger partial charge in [-0.3, -0.25) is 4.79 Å². The van der Waals surface area contributed by atoms with E-state index in [2.05, 4.69) is 10.3 Å². The molecule has 0 aromatic carbocycles. The smallest absolute Gasteiger partial charge is 0.251 e. The molecule has 0 aliphatic heterocycles. The van der Waals surface area contributed by atoms with Gasteiger partial charge >= 0.3 is 0 Å². The van der Waals surface area contributed by atoms with Crippen LogP contribution in [-0.2, 0) is 0 Å². The Balaban J connectivity index is 2.11. The summed E-state index contributed by atoms with van der Waals surface area (Å²) in [6.45, 7) is 0.00433. The largest absolute Gasteiger partial charge is 0.394 e. The van der Waals surface area contributed by atoms with E-state index in [1.165, 1.54) is 0 Å². The molecule has 0 bridgehead atoms. The molecule has 1 amide bonds. The van der Waals surface area contributed by atoms with Crippen LogP contribution in [0, 0.1) is 0 Å². The monoisotopic (exact) mass is 249 g/mol. The zero-order valence-electron chi connectivity index (χ0n) is 10.8. The quantitative estimate of drug-likeness (QED) is 0.828. The molecule has 1 aromatic heterocycles. The predicted molar refractivity (Wildman–Crippen MR) is 69.7 cm³/mol. The number of hydrogen-bond acceptors (Lipinski definition) is 4. The van der Waals surface area contributed by atoms with Crippen molar-refractivity contribution < 1.29 is 9.90 Å². The van der Waals surface area contributed by atoms with Crippen LogP contribution in [0.15, 0.2) is 18.3 Å². The molecule has 1 heterocycles. The maximum atomic E-state index is 12.1. The van der Waals surface area contributed by atoms with Crippen molar-refractivity contribution in [3.63, 3.8) is 0 Å². The van der Waals surface area contributed by atoms with Crippen molar-refractivity contribution in [1.82, 2.24) is 10.3 Å². The molecule has 5 heteroatoms. The average molecular weight is 249 g/mol. The summed E-state index contributed by atoms with van der Waals surface area (Å²) in [6.07, 6.45) is 4.37. The van der Waals surface area contributed by atoms with Gasteiger partial charge in [0, 0.05) is 25.9 Å². The van der Waals surface area contributed by atoms with Crippen LogP contribution in [0.2, 0.25) is 0 Å². The summed E-state index contributed by atoms with van der Waals surface area (Å²) in [6, 6.07) is 3.44. The highest BCUT2D eigenvalue weighted by Crippen LogP contribution is 2.31. The van der Waals surface area contributed by atoms with Crippen LogP contribution in [0.1, 0.15) is 29.6 Å². The third-order valence-corrected chi connectivity index (χ3v) is 3.46. The van der Waals surface area contributed by atoms with Crippen LogP contribution >= 0.6 is 0 Å². The van der Waals surface area contributed by atoms with Gasteiger partial charge in [0.25, 0.3) is 5.91 Å². The van der Waals surface area contributed by atoms with Gasteiger partial charge in [0.1, 0.15) is 5.82 Å². The molecule has 5 nitrogen and oxygen atoms in total. The Bertz CT molecular complexity index is 436. The van der Waals surface area contributed by atoms with Gasteiger partial charge < -0.3 is 15.3 Å². The lowest BCUT2D eigenvalue weighted by Crippen LogP contribution is -2.56. The second-order valence-electron chi connectivity index (χ2n) is 5.04. The number of aliphatic hydroxyl groups excluding tert-OH is 1. The van der Waals surface area contributed by atoms with E-state index in [0.717, 1.165) is 25.1 Å². The zero-order chi connectivity index (χ0) is 13.2. The highest BCUT2D eigenvalue weighted by Gasteiger charge is 2.37. The Labute approximate surface area is 107 Å². The molecule has 1 aromatic rings. The zero-order valence-corrected chi connectivity index (χ0v) is 10.8. The topological polar surface area (TPSA) is 65.5 Å². The van der Waals surface area contributed by atoms with Crippen LogP contribution in [0.3, 0.4) is 0 Å². The van der Waals surface area contributed by atoms with Gasteiger partial charge in [0.05, 0.1) is 12.1 Å². The molecule has 18 heavy (non-hydrogen) atoms. The number of rotatable bonds is 4. The fraction of sp³-hybridized carbons (Fsp3) is 0.538. The molecule has 2 N–H and O–H groups in total. The van der Waals surface area contributed by atoms with Crippen molar-refractivity contribution in [1.29, 1.82) is 0 Å². The van der Waals surface area contributed by atoms with Gasteiger partial charge in [-0.25, -0.2) is 4.98 Å². The summed E-state index contributed by atoms with van der Waals surface area (Å²) >= 11 is 0. The van der Waals surface area contributed by atoms with Crippen molar-refractivity contribution >= 4 is 11.7 Å². The second kappa shape index (κ2) is 4.94. The van der Waals surface area contributed by atoms with E-state index in [4.69, 9.17) is 0 Å². The van der Waals surface area contributed by atoms with E-state index in [0.29, 0.717) is 5.56 Å². The van der Waals surface area contributed by atoms with E-state index >= 15 is 0 Å². The number of anilines is 1. The molecule has 1 aliphatic rings. The average Bonchev–Trinajstić information content (AvgIpc) is 2.33. The van der Waals surface area contributed by atoms with E-state index in [-0.39, 0.29) is 12.5 Å². The molecule has 0 spiro atoms. The molecule has 0 atom stereocenters. The number of nitrogens with one attached hydrogen (secondary N) is 1. The van der Waals surface area contributed by atoms with E-state index < -0.39 is 5.54 Å². The summed E-state index contributed by atoms with van der Waals surface area (Å²) in [7, 11) is 3.76. The second-order valence-corrected chi connectivity index (χ2v) is 5.04. The predicted octanol–water partition coefficient (Wildman–Crippen LogP) is 0.792. The summed E-state index contributed by atoms with van der Waals surface area (Å²) in [5, 5.41) is 12.3. The van der Waals surface area contributed by atoms with Gasteiger partial charge in [-0.1, -0.05) is 0 Å². The Morgan fingerprint density at radius 2 is 2.28 bits per heavy atom. The van der Waals surface area contributed by atoms with Crippen LogP contribution in [0.4, 0.5) is 5.82 Å². The van der Waals surface area contributed by atoms with Crippen molar-refractivity contribution in [3.05, 3.63) is 23.9 Å². The third-order valence-electron chi connectivity index (χ3n) is 3.46. The number of amides is 1. The summed E-state index contributed by atoms with van der Waals surface area (Å²) in [5.74, 6) is 0.601. The van der Waals surface area contributed by atoms with Crippen molar-refractivity contribution in [2.24, 2.45) is 0 Å². The molecular formula is C13H19N3O2. The number of pyridine rings is 1. The highest BCUT2D eigenvalue weighted by atomic mass is 16.3. The van der Waals surface area contributed by atoms with Gasteiger partial charge in [0.15, 0.2) is 0 Å². The summed E-state index contributed by atoms with van der Waals surface area (Å²) in [4.78, 5) is 18.1. The summed E-state index contributed by atoms with van der Waals surface area (Å²) in [5.41, 5.74) is 0.173. The van der Waals surface area contributed by atoms with Crippen molar-refractivity contribution in [2.45, 2.75) is 24.8 Å². The maximum absolute atomic E-state index is 12.1. The molecule has 1 saturated carbocycles. The highest BCUT2D eigenvalue weighted by molar-refractivity contribution is 5.95. The Kier molecular flexibility index (Phi) is 3.52. The number of aliphatic hydroxyl groups is 1. The van der Waals surface area contributed by atoms with Crippen molar-refractivity contribution in [3.8, 4) is 0 Å². The van der Waals surface area contributed by atoms with Gasteiger partial charge in [-0.2, -0.15) is 0 Å².